The zero-order chi connectivity index (χ0) is 27.4. The summed E-state index contributed by atoms with van der Waals surface area (Å²) in [5.41, 5.74) is 5.16. The van der Waals surface area contributed by atoms with Crippen molar-refractivity contribution in [3.05, 3.63) is 93.4 Å². The second-order valence-corrected chi connectivity index (χ2v) is 10.6. The van der Waals surface area contributed by atoms with Crippen molar-refractivity contribution in [1.82, 2.24) is 15.1 Å². The number of benzene rings is 2. The Labute approximate surface area is 228 Å². The minimum absolute atomic E-state index is 0.0368. The smallest absolute Gasteiger partial charge is 0.254 e. The van der Waals surface area contributed by atoms with Crippen LogP contribution in [0.25, 0.3) is 0 Å². The Balaban J connectivity index is 1.64. The van der Waals surface area contributed by atoms with Crippen molar-refractivity contribution in [1.29, 1.82) is 0 Å². The SMILES string of the molecule is CCN(CC)C(=O)C1=C(C)N=C2SC=C(CC(=O)NCc3ccc(F)cc3)N2C1c1ccc(C(C)C)cc1. The fraction of sp³-hybridized carbons (Fsp3) is 0.367. The molecular formula is C30H35FN4O2S. The van der Waals surface area contributed by atoms with Gasteiger partial charge in [0.25, 0.3) is 5.91 Å². The summed E-state index contributed by atoms with van der Waals surface area (Å²) in [5.74, 6) is -0.107. The molecule has 1 atom stereocenters. The molecule has 0 fully saturated rings. The standard InChI is InChI=1S/C30H35FN4O2S/c1-6-34(7-2)29(37)27-20(5)33-30-35(28(27)23-12-10-22(11-13-23)19(3)4)25(18-38-30)16-26(36)32-17-21-8-14-24(31)15-9-21/h8-15,18-19,28H,6-7,16-17H2,1-5H3,(H,32,36). The van der Waals surface area contributed by atoms with Gasteiger partial charge in [0.2, 0.25) is 5.91 Å². The van der Waals surface area contributed by atoms with E-state index in [4.69, 9.17) is 4.99 Å². The molecule has 0 saturated heterocycles. The minimum Gasteiger partial charge on any atom is -0.352 e. The van der Waals surface area contributed by atoms with Crippen molar-refractivity contribution in [3.8, 4) is 0 Å². The average molecular weight is 535 g/mol. The van der Waals surface area contributed by atoms with Crippen LogP contribution in [0.15, 0.2) is 75.9 Å². The molecule has 2 aliphatic heterocycles. The second kappa shape index (κ2) is 12.0. The Bertz CT molecular complexity index is 1280. The van der Waals surface area contributed by atoms with Crippen LogP contribution in [0.1, 0.15) is 69.7 Å². The van der Waals surface area contributed by atoms with Crippen LogP contribution in [-0.2, 0) is 16.1 Å². The number of halogens is 1. The van der Waals surface area contributed by atoms with Gasteiger partial charge in [0.1, 0.15) is 5.82 Å². The topological polar surface area (TPSA) is 65.0 Å². The van der Waals surface area contributed by atoms with E-state index in [0.717, 1.165) is 22.0 Å². The third kappa shape index (κ3) is 5.85. The minimum atomic E-state index is -0.386. The van der Waals surface area contributed by atoms with Crippen LogP contribution in [0.4, 0.5) is 4.39 Å². The molecule has 0 saturated carbocycles. The van der Waals surface area contributed by atoms with Crippen LogP contribution in [0.2, 0.25) is 0 Å². The molecule has 200 valence electrons. The first-order valence-electron chi connectivity index (χ1n) is 13.1. The van der Waals surface area contributed by atoms with Crippen molar-refractivity contribution in [2.24, 2.45) is 4.99 Å². The summed E-state index contributed by atoms with van der Waals surface area (Å²) < 4.78 is 13.2. The number of amides is 2. The highest BCUT2D eigenvalue weighted by Crippen LogP contribution is 2.45. The zero-order valence-electron chi connectivity index (χ0n) is 22.6. The third-order valence-electron chi connectivity index (χ3n) is 6.95. The Hall–Kier alpha value is -3.39. The highest BCUT2D eigenvalue weighted by Gasteiger charge is 2.41. The van der Waals surface area contributed by atoms with Crippen molar-refractivity contribution in [3.63, 3.8) is 0 Å². The lowest BCUT2D eigenvalue weighted by Crippen LogP contribution is -2.42. The van der Waals surface area contributed by atoms with Gasteiger partial charge in [-0.25, -0.2) is 9.38 Å². The van der Waals surface area contributed by atoms with Crippen LogP contribution in [0.3, 0.4) is 0 Å². The third-order valence-corrected chi connectivity index (χ3v) is 7.83. The number of allylic oxidation sites excluding steroid dienone is 1. The van der Waals surface area contributed by atoms with E-state index < -0.39 is 0 Å². The van der Waals surface area contributed by atoms with E-state index in [9.17, 15) is 14.0 Å². The summed E-state index contributed by atoms with van der Waals surface area (Å²) in [6.07, 6.45) is 0.138. The van der Waals surface area contributed by atoms with Gasteiger partial charge >= 0.3 is 0 Å². The van der Waals surface area contributed by atoms with Gasteiger partial charge in [-0.1, -0.05) is 62.0 Å². The van der Waals surface area contributed by atoms with Crippen LogP contribution >= 0.6 is 11.8 Å². The summed E-state index contributed by atoms with van der Waals surface area (Å²) in [5, 5.41) is 5.64. The molecule has 2 heterocycles. The van der Waals surface area contributed by atoms with Crippen molar-refractivity contribution >= 4 is 28.7 Å². The highest BCUT2D eigenvalue weighted by molar-refractivity contribution is 8.16. The lowest BCUT2D eigenvalue weighted by molar-refractivity contribution is -0.127. The summed E-state index contributed by atoms with van der Waals surface area (Å²) in [7, 11) is 0. The Morgan fingerprint density at radius 3 is 2.34 bits per heavy atom. The molecule has 2 aromatic rings. The van der Waals surface area contributed by atoms with Gasteiger partial charge in [0, 0.05) is 25.3 Å². The van der Waals surface area contributed by atoms with Crippen LogP contribution < -0.4 is 5.32 Å². The molecule has 2 aromatic carbocycles. The Morgan fingerprint density at radius 1 is 1.08 bits per heavy atom. The number of hydrogen-bond donors (Lipinski definition) is 1. The summed E-state index contributed by atoms with van der Waals surface area (Å²) in [6.45, 7) is 11.7. The predicted octanol–water partition coefficient (Wildman–Crippen LogP) is 6.10. The lowest BCUT2D eigenvalue weighted by Gasteiger charge is -2.38. The van der Waals surface area contributed by atoms with E-state index >= 15 is 0 Å². The number of hydrogen-bond acceptors (Lipinski definition) is 5. The predicted molar refractivity (Wildman–Crippen MR) is 152 cm³/mol. The summed E-state index contributed by atoms with van der Waals surface area (Å²) >= 11 is 1.47. The number of fused-ring (bicyclic) bond motifs is 1. The molecule has 1 unspecified atom stereocenters. The van der Waals surface area contributed by atoms with E-state index in [0.29, 0.717) is 36.8 Å². The first kappa shape index (κ1) is 27.6. The van der Waals surface area contributed by atoms with Gasteiger partial charge in [0.05, 0.1) is 23.7 Å². The van der Waals surface area contributed by atoms with Crippen molar-refractivity contribution in [2.75, 3.05) is 13.1 Å². The fourth-order valence-corrected chi connectivity index (χ4v) is 5.70. The number of carbonyl (C=O) groups is 2. The van der Waals surface area contributed by atoms with Crippen molar-refractivity contribution in [2.45, 2.75) is 59.5 Å². The van der Waals surface area contributed by atoms with Gasteiger partial charge in [-0.05, 0) is 60.9 Å². The second-order valence-electron chi connectivity index (χ2n) is 9.77. The number of carbonyl (C=O) groups excluding carboxylic acids is 2. The highest BCUT2D eigenvalue weighted by atomic mass is 32.2. The molecule has 0 spiro atoms. The number of amidine groups is 1. The Morgan fingerprint density at radius 2 is 1.74 bits per heavy atom. The maximum absolute atomic E-state index is 13.8. The van der Waals surface area contributed by atoms with Gasteiger partial charge in [-0.15, -0.1) is 0 Å². The number of likely N-dealkylation sites (N-methyl/N-ethyl adjacent to an activating group) is 1. The molecule has 0 radical (unpaired) electrons. The largest absolute Gasteiger partial charge is 0.352 e. The molecule has 38 heavy (non-hydrogen) atoms. The summed E-state index contributed by atoms with van der Waals surface area (Å²) in [6, 6.07) is 14.1. The van der Waals surface area contributed by atoms with E-state index in [2.05, 4.69) is 43.4 Å². The van der Waals surface area contributed by atoms with E-state index in [1.54, 1.807) is 12.1 Å². The van der Waals surface area contributed by atoms with Crippen molar-refractivity contribution < 1.29 is 14.0 Å². The van der Waals surface area contributed by atoms with Gasteiger partial charge in [-0.3, -0.25) is 9.59 Å². The monoisotopic (exact) mass is 534 g/mol. The van der Waals surface area contributed by atoms with E-state index in [1.165, 1.54) is 29.5 Å². The van der Waals surface area contributed by atoms with E-state index in [1.807, 2.05) is 36.0 Å². The fourth-order valence-electron chi connectivity index (χ4n) is 4.73. The quantitative estimate of drug-likeness (QED) is 0.422. The normalized spacial score (nSPS) is 16.8. The molecule has 4 rings (SSSR count). The summed E-state index contributed by atoms with van der Waals surface area (Å²) in [4.78, 5) is 35.4. The molecule has 8 heteroatoms. The molecule has 0 aromatic heterocycles. The Kier molecular flexibility index (Phi) is 8.72. The average Bonchev–Trinajstić information content (AvgIpc) is 3.29. The number of aliphatic imine (C=N–C) groups is 1. The molecule has 1 N–H and O–H groups in total. The van der Waals surface area contributed by atoms with Crippen LogP contribution in [0.5, 0.6) is 0 Å². The van der Waals surface area contributed by atoms with E-state index in [-0.39, 0.29) is 30.1 Å². The molecule has 0 aliphatic carbocycles. The first-order chi connectivity index (χ1) is 18.2. The van der Waals surface area contributed by atoms with Crippen LogP contribution in [0, 0.1) is 5.82 Å². The molecule has 2 aliphatic rings. The number of rotatable bonds is 9. The number of nitrogens with zero attached hydrogens (tertiary/aromatic N) is 3. The molecule has 2 amide bonds. The molecular weight excluding hydrogens is 499 g/mol. The zero-order valence-corrected chi connectivity index (χ0v) is 23.4. The maximum Gasteiger partial charge on any atom is 0.254 e. The maximum atomic E-state index is 13.8. The molecule has 6 nitrogen and oxygen atoms in total. The number of nitrogens with one attached hydrogen (secondary N) is 1. The molecule has 0 bridgehead atoms. The lowest BCUT2D eigenvalue weighted by atomic mass is 9.91. The van der Waals surface area contributed by atoms with Gasteiger partial charge in [0.15, 0.2) is 5.17 Å². The first-order valence-corrected chi connectivity index (χ1v) is 14.0. The van der Waals surface area contributed by atoms with Gasteiger partial charge in [-0.2, -0.15) is 0 Å². The van der Waals surface area contributed by atoms with Crippen LogP contribution in [-0.4, -0.2) is 39.9 Å². The van der Waals surface area contributed by atoms with Gasteiger partial charge < -0.3 is 15.1 Å². The number of thioether (sulfide) groups is 1.